The molecule has 3 atom stereocenters. The second-order valence-corrected chi connectivity index (χ2v) is 4.01. The van der Waals surface area contributed by atoms with Crippen LogP contribution in [0, 0.1) is 5.92 Å². The van der Waals surface area contributed by atoms with E-state index in [0.29, 0.717) is 19.6 Å². The van der Waals surface area contributed by atoms with Crippen molar-refractivity contribution in [2.24, 2.45) is 5.92 Å². The topological polar surface area (TPSA) is 29.5 Å². The summed E-state index contributed by atoms with van der Waals surface area (Å²) in [5, 5.41) is 8.97. The Kier molecular flexibility index (Phi) is 3.34. The van der Waals surface area contributed by atoms with Crippen molar-refractivity contribution in [1.82, 2.24) is 0 Å². The molecule has 0 amide bonds. The first-order valence-electron chi connectivity index (χ1n) is 5.21. The van der Waals surface area contributed by atoms with Gasteiger partial charge < -0.3 is 9.84 Å². The summed E-state index contributed by atoms with van der Waals surface area (Å²) in [7, 11) is 0. The molecule has 1 fully saturated rings. The van der Waals surface area contributed by atoms with Gasteiger partial charge in [0.1, 0.15) is 6.17 Å². The van der Waals surface area contributed by atoms with Crippen LogP contribution in [0.15, 0.2) is 30.3 Å². The van der Waals surface area contributed by atoms with Gasteiger partial charge in [0.05, 0.1) is 19.3 Å². The van der Waals surface area contributed by atoms with Gasteiger partial charge >= 0.3 is 0 Å². The third-order valence-corrected chi connectivity index (χ3v) is 2.81. The largest absolute Gasteiger partial charge is 0.390 e. The molecule has 1 aromatic carbocycles. The van der Waals surface area contributed by atoms with Crippen molar-refractivity contribution in [3.63, 3.8) is 0 Å². The van der Waals surface area contributed by atoms with E-state index < -0.39 is 12.3 Å². The van der Waals surface area contributed by atoms with Crippen LogP contribution in [0.5, 0.6) is 0 Å². The van der Waals surface area contributed by atoms with Crippen molar-refractivity contribution in [3.05, 3.63) is 35.9 Å². The lowest BCUT2D eigenvalue weighted by atomic mass is 9.81. The first-order chi connectivity index (χ1) is 7.27. The van der Waals surface area contributed by atoms with Crippen molar-refractivity contribution in [2.45, 2.75) is 25.3 Å². The Balaban J connectivity index is 1.68. The number of ether oxygens (including phenoxy) is 1. The Morgan fingerprint density at radius 3 is 2.67 bits per heavy atom. The summed E-state index contributed by atoms with van der Waals surface area (Å²) in [6, 6.07) is 9.79. The van der Waals surface area contributed by atoms with Gasteiger partial charge in [-0.05, 0) is 12.0 Å². The second-order valence-electron chi connectivity index (χ2n) is 4.01. The number of rotatable bonds is 4. The summed E-state index contributed by atoms with van der Waals surface area (Å²) in [6.45, 7) is 0.910. The summed E-state index contributed by atoms with van der Waals surface area (Å²) in [5.74, 6) is -0.122. The lowest BCUT2D eigenvalue weighted by molar-refractivity contribution is -0.0871. The van der Waals surface area contributed by atoms with Crippen molar-refractivity contribution in [3.8, 4) is 0 Å². The molecule has 0 aliphatic heterocycles. The van der Waals surface area contributed by atoms with E-state index in [9.17, 15) is 4.39 Å². The normalized spacial score (nSPS) is 29.9. The number of alkyl halides is 1. The minimum atomic E-state index is -1.10. The van der Waals surface area contributed by atoms with E-state index in [2.05, 4.69) is 0 Å². The number of halogens is 1. The summed E-state index contributed by atoms with van der Waals surface area (Å²) in [4.78, 5) is 0. The van der Waals surface area contributed by atoms with Gasteiger partial charge in [0.2, 0.25) is 0 Å². The average Bonchev–Trinajstić information content (AvgIpc) is 2.29. The molecule has 1 aromatic rings. The molecule has 1 aliphatic rings. The highest BCUT2D eigenvalue weighted by Gasteiger charge is 2.40. The maximum atomic E-state index is 13.0. The van der Waals surface area contributed by atoms with Crippen molar-refractivity contribution in [1.29, 1.82) is 0 Å². The molecule has 0 heterocycles. The number of hydrogen-bond donors (Lipinski definition) is 1. The molecule has 0 aromatic heterocycles. The highest BCUT2D eigenvalue weighted by Crippen LogP contribution is 2.31. The van der Waals surface area contributed by atoms with Crippen LogP contribution in [0.25, 0.3) is 0 Å². The predicted octanol–water partition coefficient (Wildman–Crippen LogP) is 1.92. The van der Waals surface area contributed by atoms with Gasteiger partial charge in [-0.15, -0.1) is 0 Å². The summed E-state index contributed by atoms with van der Waals surface area (Å²) >= 11 is 0. The van der Waals surface area contributed by atoms with Crippen LogP contribution in [0.1, 0.15) is 12.0 Å². The lowest BCUT2D eigenvalue weighted by Gasteiger charge is -2.35. The SMILES string of the molecule is O[C@@H]1C[C@@H](COCc2ccccc2)[C@H]1F. The van der Waals surface area contributed by atoms with Gasteiger partial charge in [0.15, 0.2) is 0 Å². The molecular weight excluding hydrogens is 195 g/mol. The molecule has 2 rings (SSSR count). The Morgan fingerprint density at radius 2 is 2.07 bits per heavy atom. The van der Waals surface area contributed by atoms with E-state index in [0.717, 1.165) is 5.56 Å². The number of aliphatic hydroxyl groups excluding tert-OH is 1. The molecule has 15 heavy (non-hydrogen) atoms. The third kappa shape index (κ3) is 2.55. The molecule has 0 radical (unpaired) electrons. The van der Waals surface area contributed by atoms with E-state index >= 15 is 0 Å². The van der Waals surface area contributed by atoms with E-state index in [-0.39, 0.29) is 5.92 Å². The fourth-order valence-electron chi connectivity index (χ4n) is 1.75. The Morgan fingerprint density at radius 1 is 1.33 bits per heavy atom. The minimum absolute atomic E-state index is 0.122. The van der Waals surface area contributed by atoms with Gasteiger partial charge in [-0.25, -0.2) is 4.39 Å². The first-order valence-corrected chi connectivity index (χ1v) is 5.21. The molecule has 0 spiro atoms. The lowest BCUT2D eigenvalue weighted by Crippen LogP contribution is -2.45. The molecule has 1 N–H and O–H groups in total. The van der Waals surface area contributed by atoms with Crippen molar-refractivity contribution >= 4 is 0 Å². The molecule has 0 bridgehead atoms. The molecule has 2 nitrogen and oxygen atoms in total. The maximum Gasteiger partial charge on any atom is 0.131 e. The van der Waals surface area contributed by atoms with Crippen LogP contribution in [-0.2, 0) is 11.3 Å². The van der Waals surface area contributed by atoms with Crippen molar-refractivity contribution in [2.75, 3.05) is 6.61 Å². The van der Waals surface area contributed by atoms with Crippen LogP contribution in [0.4, 0.5) is 4.39 Å². The van der Waals surface area contributed by atoms with Gasteiger partial charge in [0, 0.05) is 5.92 Å². The van der Waals surface area contributed by atoms with Crippen LogP contribution >= 0.6 is 0 Å². The molecule has 0 unspecified atom stereocenters. The number of aliphatic hydroxyl groups is 1. The molecule has 3 heteroatoms. The minimum Gasteiger partial charge on any atom is -0.390 e. The third-order valence-electron chi connectivity index (χ3n) is 2.81. The number of hydrogen-bond acceptors (Lipinski definition) is 2. The zero-order valence-electron chi connectivity index (χ0n) is 8.47. The summed E-state index contributed by atoms with van der Waals surface area (Å²) in [6.07, 6.45) is -1.34. The van der Waals surface area contributed by atoms with Crippen LogP contribution < -0.4 is 0 Å². The van der Waals surface area contributed by atoms with Gasteiger partial charge in [0.25, 0.3) is 0 Å². The molecule has 1 saturated carbocycles. The fraction of sp³-hybridized carbons (Fsp3) is 0.500. The van der Waals surface area contributed by atoms with E-state index in [1.807, 2.05) is 30.3 Å². The Labute approximate surface area is 88.7 Å². The maximum absolute atomic E-state index is 13.0. The quantitative estimate of drug-likeness (QED) is 0.822. The van der Waals surface area contributed by atoms with Crippen LogP contribution in [-0.4, -0.2) is 24.0 Å². The standard InChI is InChI=1S/C12H15FO2/c13-12-10(6-11(12)14)8-15-7-9-4-2-1-3-5-9/h1-5,10-12,14H,6-8H2/t10-,11+,12+/m0/s1. The van der Waals surface area contributed by atoms with Gasteiger partial charge in [-0.2, -0.15) is 0 Å². The fourth-order valence-corrected chi connectivity index (χ4v) is 1.75. The molecular formula is C12H15FO2. The smallest absolute Gasteiger partial charge is 0.131 e. The molecule has 1 aliphatic carbocycles. The highest BCUT2D eigenvalue weighted by atomic mass is 19.1. The second kappa shape index (κ2) is 4.73. The van der Waals surface area contributed by atoms with E-state index in [1.165, 1.54) is 0 Å². The first kappa shape index (κ1) is 10.6. The van der Waals surface area contributed by atoms with Crippen LogP contribution in [0.3, 0.4) is 0 Å². The molecule has 82 valence electrons. The average molecular weight is 210 g/mol. The van der Waals surface area contributed by atoms with E-state index in [1.54, 1.807) is 0 Å². The zero-order valence-corrected chi connectivity index (χ0v) is 8.47. The highest BCUT2D eigenvalue weighted by molar-refractivity contribution is 5.13. The summed E-state index contributed by atoms with van der Waals surface area (Å²) < 4.78 is 18.4. The predicted molar refractivity (Wildman–Crippen MR) is 55.1 cm³/mol. The zero-order chi connectivity index (χ0) is 10.7. The Hall–Kier alpha value is -0.930. The molecule has 0 saturated heterocycles. The number of benzene rings is 1. The van der Waals surface area contributed by atoms with Gasteiger partial charge in [-0.1, -0.05) is 30.3 Å². The Bertz CT molecular complexity index is 302. The monoisotopic (exact) mass is 210 g/mol. The summed E-state index contributed by atoms with van der Waals surface area (Å²) in [5.41, 5.74) is 1.09. The van der Waals surface area contributed by atoms with E-state index in [4.69, 9.17) is 9.84 Å². The van der Waals surface area contributed by atoms with Crippen molar-refractivity contribution < 1.29 is 14.2 Å². The van der Waals surface area contributed by atoms with Crippen LogP contribution in [0.2, 0.25) is 0 Å². The van der Waals surface area contributed by atoms with Gasteiger partial charge in [-0.3, -0.25) is 0 Å².